The molecule has 3 nitrogen and oxygen atoms in total. The standard InChI is InChI=1S/C13H18ClNO2/c1-9(13(16)17-3)8-15-10(2)11-6-4-5-7-12(11)14/h4-7,9-10,15H,8H2,1-3H3. The van der Waals surface area contributed by atoms with Crippen LogP contribution in [-0.2, 0) is 9.53 Å². The number of esters is 1. The highest BCUT2D eigenvalue weighted by molar-refractivity contribution is 6.31. The van der Waals surface area contributed by atoms with E-state index in [-0.39, 0.29) is 17.9 Å². The van der Waals surface area contributed by atoms with Crippen molar-refractivity contribution in [1.29, 1.82) is 0 Å². The van der Waals surface area contributed by atoms with Crippen LogP contribution in [0.3, 0.4) is 0 Å². The van der Waals surface area contributed by atoms with Gasteiger partial charge < -0.3 is 10.1 Å². The summed E-state index contributed by atoms with van der Waals surface area (Å²) in [4.78, 5) is 11.2. The highest BCUT2D eigenvalue weighted by atomic mass is 35.5. The highest BCUT2D eigenvalue weighted by Gasteiger charge is 2.15. The summed E-state index contributed by atoms with van der Waals surface area (Å²) in [6, 6.07) is 7.79. The van der Waals surface area contributed by atoms with E-state index in [4.69, 9.17) is 11.6 Å². The van der Waals surface area contributed by atoms with Gasteiger partial charge in [0.1, 0.15) is 0 Å². The lowest BCUT2D eigenvalue weighted by Gasteiger charge is -2.17. The van der Waals surface area contributed by atoms with Gasteiger partial charge in [0.25, 0.3) is 0 Å². The Kier molecular flexibility index (Phi) is 5.45. The summed E-state index contributed by atoms with van der Waals surface area (Å²) < 4.78 is 4.67. The van der Waals surface area contributed by atoms with Crippen molar-refractivity contribution >= 4 is 17.6 Å². The average molecular weight is 256 g/mol. The number of halogens is 1. The molecule has 0 fully saturated rings. The predicted molar refractivity (Wildman–Crippen MR) is 69.0 cm³/mol. The average Bonchev–Trinajstić information content (AvgIpc) is 2.35. The van der Waals surface area contributed by atoms with E-state index in [1.165, 1.54) is 7.11 Å². The van der Waals surface area contributed by atoms with Crippen LogP contribution < -0.4 is 5.32 Å². The molecule has 1 rings (SSSR count). The summed E-state index contributed by atoms with van der Waals surface area (Å²) in [6.07, 6.45) is 0. The monoisotopic (exact) mass is 255 g/mol. The Balaban J connectivity index is 2.53. The van der Waals surface area contributed by atoms with E-state index >= 15 is 0 Å². The van der Waals surface area contributed by atoms with Gasteiger partial charge in [0.05, 0.1) is 13.0 Å². The molecule has 0 aromatic heterocycles. The molecular formula is C13H18ClNO2. The Labute approximate surface area is 107 Å². The van der Waals surface area contributed by atoms with Crippen molar-refractivity contribution in [3.8, 4) is 0 Å². The molecule has 1 N–H and O–H groups in total. The molecule has 1 aromatic carbocycles. The molecule has 0 bridgehead atoms. The van der Waals surface area contributed by atoms with Gasteiger partial charge >= 0.3 is 5.97 Å². The first kappa shape index (κ1) is 14.0. The zero-order valence-electron chi connectivity index (χ0n) is 10.4. The minimum Gasteiger partial charge on any atom is -0.469 e. The van der Waals surface area contributed by atoms with Gasteiger partial charge in [0.2, 0.25) is 0 Å². The summed E-state index contributed by atoms with van der Waals surface area (Å²) in [7, 11) is 1.40. The number of carbonyl (C=O) groups excluding carboxylic acids is 1. The number of benzene rings is 1. The van der Waals surface area contributed by atoms with Gasteiger partial charge in [0, 0.05) is 17.6 Å². The second kappa shape index (κ2) is 6.62. The molecule has 0 radical (unpaired) electrons. The molecule has 0 spiro atoms. The maximum atomic E-state index is 11.2. The third kappa shape index (κ3) is 4.02. The minimum atomic E-state index is -0.205. The van der Waals surface area contributed by atoms with Crippen molar-refractivity contribution < 1.29 is 9.53 Å². The third-order valence-electron chi connectivity index (χ3n) is 2.71. The normalized spacial score (nSPS) is 14.1. The van der Waals surface area contributed by atoms with E-state index in [1.807, 2.05) is 38.1 Å². The molecule has 2 atom stereocenters. The number of rotatable bonds is 5. The summed E-state index contributed by atoms with van der Waals surface area (Å²) in [5.74, 6) is -0.367. The molecule has 0 heterocycles. The molecule has 0 aliphatic heterocycles. The SMILES string of the molecule is COC(=O)C(C)CNC(C)c1ccccc1Cl. The lowest BCUT2D eigenvalue weighted by atomic mass is 10.1. The van der Waals surface area contributed by atoms with E-state index in [0.29, 0.717) is 6.54 Å². The summed E-state index contributed by atoms with van der Waals surface area (Å²) >= 11 is 6.09. The summed E-state index contributed by atoms with van der Waals surface area (Å²) in [5.41, 5.74) is 1.03. The van der Waals surface area contributed by atoms with E-state index < -0.39 is 0 Å². The molecule has 0 amide bonds. The summed E-state index contributed by atoms with van der Waals surface area (Å²) in [6.45, 7) is 4.42. The Bertz CT molecular complexity index is 381. The van der Waals surface area contributed by atoms with E-state index in [9.17, 15) is 4.79 Å². The van der Waals surface area contributed by atoms with Crippen LogP contribution >= 0.6 is 11.6 Å². The van der Waals surface area contributed by atoms with Crippen LogP contribution in [0.2, 0.25) is 5.02 Å². The maximum Gasteiger partial charge on any atom is 0.309 e. The van der Waals surface area contributed by atoms with Crippen molar-refractivity contribution in [3.63, 3.8) is 0 Å². The number of hydrogen-bond acceptors (Lipinski definition) is 3. The lowest BCUT2D eigenvalue weighted by Crippen LogP contribution is -2.29. The van der Waals surface area contributed by atoms with Crippen LogP contribution in [0.1, 0.15) is 25.5 Å². The van der Waals surface area contributed by atoms with Crippen molar-refractivity contribution in [2.45, 2.75) is 19.9 Å². The third-order valence-corrected chi connectivity index (χ3v) is 3.05. The number of hydrogen-bond donors (Lipinski definition) is 1. The van der Waals surface area contributed by atoms with Gasteiger partial charge in [-0.15, -0.1) is 0 Å². The van der Waals surface area contributed by atoms with Crippen LogP contribution in [0.15, 0.2) is 24.3 Å². The molecule has 1 aromatic rings. The van der Waals surface area contributed by atoms with E-state index in [2.05, 4.69) is 10.1 Å². The first-order chi connectivity index (χ1) is 8.06. The van der Waals surface area contributed by atoms with Crippen LogP contribution in [-0.4, -0.2) is 19.6 Å². The highest BCUT2D eigenvalue weighted by Crippen LogP contribution is 2.22. The van der Waals surface area contributed by atoms with Gasteiger partial charge in [-0.2, -0.15) is 0 Å². The Morgan fingerprint density at radius 1 is 1.41 bits per heavy atom. The molecule has 0 aliphatic carbocycles. The van der Waals surface area contributed by atoms with Crippen LogP contribution in [0.4, 0.5) is 0 Å². The predicted octanol–water partition coefficient (Wildman–Crippen LogP) is 2.80. The Morgan fingerprint density at radius 2 is 2.06 bits per heavy atom. The van der Waals surface area contributed by atoms with Gasteiger partial charge in [-0.1, -0.05) is 36.7 Å². The molecule has 17 heavy (non-hydrogen) atoms. The van der Waals surface area contributed by atoms with Gasteiger partial charge in [-0.05, 0) is 18.6 Å². The van der Waals surface area contributed by atoms with Crippen molar-refractivity contribution in [3.05, 3.63) is 34.9 Å². The molecular weight excluding hydrogens is 238 g/mol. The molecule has 4 heteroatoms. The molecule has 0 saturated carbocycles. The zero-order valence-corrected chi connectivity index (χ0v) is 11.1. The minimum absolute atomic E-state index is 0.107. The number of ether oxygens (including phenoxy) is 1. The Morgan fingerprint density at radius 3 is 2.65 bits per heavy atom. The molecule has 2 unspecified atom stereocenters. The zero-order chi connectivity index (χ0) is 12.8. The quantitative estimate of drug-likeness (QED) is 0.823. The van der Waals surface area contributed by atoms with E-state index in [1.54, 1.807) is 0 Å². The van der Waals surface area contributed by atoms with Crippen LogP contribution in [0.5, 0.6) is 0 Å². The van der Waals surface area contributed by atoms with Gasteiger partial charge in [-0.3, -0.25) is 4.79 Å². The molecule has 0 saturated heterocycles. The van der Waals surface area contributed by atoms with Gasteiger partial charge in [-0.25, -0.2) is 0 Å². The molecule has 0 aliphatic rings. The fourth-order valence-corrected chi connectivity index (χ4v) is 1.87. The Hall–Kier alpha value is -1.06. The first-order valence-corrected chi connectivity index (χ1v) is 5.99. The fourth-order valence-electron chi connectivity index (χ4n) is 1.57. The lowest BCUT2D eigenvalue weighted by molar-refractivity contribution is -0.144. The van der Waals surface area contributed by atoms with Crippen molar-refractivity contribution in [1.82, 2.24) is 5.32 Å². The number of nitrogens with one attached hydrogen (secondary N) is 1. The number of methoxy groups -OCH3 is 1. The topological polar surface area (TPSA) is 38.3 Å². The maximum absolute atomic E-state index is 11.2. The van der Waals surface area contributed by atoms with Crippen molar-refractivity contribution in [2.24, 2.45) is 5.92 Å². The first-order valence-electron chi connectivity index (χ1n) is 5.62. The largest absolute Gasteiger partial charge is 0.469 e. The second-order valence-electron chi connectivity index (χ2n) is 4.08. The fraction of sp³-hybridized carbons (Fsp3) is 0.462. The van der Waals surface area contributed by atoms with Crippen LogP contribution in [0, 0.1) is 5.92 Å². The smallest absolute Gasteiger partial charge is 0.309 e. The number of carbonyl (C=O) groups is 1. The van der Waals surface area contributed by atoms with E-state index in [0.717, 1.165) is 10.6 Å². The second-order valence-corrected chi connectivity index (χ2v) is 4.48. The van der Waals surface area contributed by atoms with Gasteiger partial charge in [0.15, 0.2) is 0 Å². The van der Waals surface area contributed by atoms with Crippen LogP contribution in [0.25, 0.3) is 0 Å². The van der Waals surface area contributed by atoms with Crippen molar-refractivity contribution in [2.75, 3.05) is 13.7 Å². The molecule has 94 valence electrons. The summed E-state index contributed by atoms with van der Waals surface area (Å²) in [5, 5.41) is 4.00.